The highest BCUT2D eigenvalue weighted by atomic mass is 35.5. The van der Waals surface area contributed by atoms with Crippen LogP contribution in [-0.2, 0) is 4.87 Å². The summed E-state index contributed by atoms with van der Waals surface area (Å²) >= 11 is 8.92. The number of imidazole rings is 1. The molecule has 4 aromatic rings. The molecule has 0 radical (unpaired) electrons. The van der Waals surface area contributed by atoms with Gasteiger partial charge in [0, 0.05) is 10.3 Å². The molecular weight excluding hydrogens is 441 g/mol. The molecule has 0 aliphatic heterocycles. The van der Waals surface area contributed by atoms with Gasteiger partial charge in [0.1, 0.15) is 11.5 Å². The number of thiophene rings is 1. The summed E-state index contributed by atoms with van der Waals surface area (Å²) in [6.45, 7) is 13.8. The molecule has 3 heterocycles. The average Bonchev–Trinajstić information content (AvgIpc) is 3.25. The Labute approximate surface area is 197 Å². The molecule has 0 amide bonds. The summed E-state index contributed by atoms with van der Waals surface area (Å²) < 4.78 is 16.9. The van der Waals surface area contributed by atoms with Crippen molar-refractivity contribution >= 4 is 38.7 Å². The van der Waals surface area contributed by atoms with Crippen molar-refractivity contribution in [1.29, 1.82) is 0 Å². The van der Waals surface area contributed by atoms with Crippen molar-refractivity contribution in [2.75, 3.05) is 0 Å². The molecule has 0 fully saturated rings. The standard InChI is InChI=1S/C26H27ClFN3S/c1-6-8-12-26(27,13-9-7-2)21-14-16(3)30-31-23(18(5)29-25(21)31)24-17(4)20-15-19(28)10-11-22(20)32-24/h6-7,10-11,14-15H,1-2,8-9,12-13H2,3-5H3. The fourth-order valence-electron chi connectivity index (χ4n) is 4.32. The molecule has 3 nitrogen and oxygen atoms in total. The molecule has 3 aromatic heterocycles. The van der Waals surface area contributed by atoms with E-state index in [1.54, 1.807) is 17.4 Å². The van der Waals surface area contributed by atoms with Gasteiger partial charge >= 0.3 is 0 Å². The summed E-state index contributed by atoms with van der Waals surface area (Å²) in [7, 11) is 0. The second-order valence-corrected chi connectivity index (χ2v) is 10.1. The quantitative estimate of drug-likeness (QED) is 0.194. The lowest BCUT2D eigenvalue weighted by Crippen LogP contribution is -2.21. The smallest absolute Gasteiger partial charge is 0.159 e. The van der Waals surface area contributed by atoms with E-state index in [1.807, 2.05) is 43.5 Å². The predicted octanol–water partition coefficient (Wildman–Crippen LogP) is 8.04. The summed E-state index contributed by atoms with van der Waals surface area (Å²) in [5.74, 6) is -0.229. The number of alkyl halides is 1. The van der Waals surface area contributed by atoms with Crippen LogP contribution in [0.25, 0.3) is 26.3 Å². The zero-order chi connectivity index (χ0) is 23.0. The van der Waals surface area contributed by atoms with Crippen molar-refractivity contribution in [2.24, 2.45) is 0 Å². The van der Waals surface area contributed by atoms with Gasteiger partial charge in [-0.2, -0.15) is 5.10 Å². The Morgan fingerprint density at radius 1 is 1.12 bits per heavy atom. The second kappa shape index (κ2) is 8.80. The van der Waals surface area contributed by atoms with E-state index in [9.17, 15) is 4.39 Å². The summed E-state index contributed by atoms with van der Waals surface area (Å²) in [4.78, 5) is 5.40. The highest BCUT2D eigenvalue weighted by Gasteiger charge is 2.33. The number of hydrogen-bond acceptors (Lipinski definition) is 3. The van der Waals surface area contributed by atoms with Crippen LogP contribution in [0.4, 0.5) is 4.39 Å². The van der Waals surface area contributed by atoms with Gasteiger partial charge in [-0.05, 0) is 81.7 Å². The van der Waals surface area contributed by atoms with Crippen LogP contribution >= 0.6 is 22.9 Å². The minimum atomic E-state index is -0.593. The van der Waals surface area contributed by atoms with Gasteiger partial charge in [-0.15, -0.1) is 36.1 Å². The summed E-state index contributed by atoms with van der Waals surface area (Å²) in [5, 5.41) is 5.75. The lowest BCUT2D eigenvalue weighted by atomic mass is 9.89. The Bertz CT molecular complexity index is 1320. The van der Waals surface area contributed by atoms with Crippen molar-refractivity contribution in [3.8, 4) is 10.6 Å². The Morgan fingerprint density at radius 3 is 2.47 bits per heavy atom. The molecule has 32 heavy (non-hydrogen) atoms. The molecule has 0 atom stereocenters. The van der Waals surface area contributed by atoms with Gasteiger partial charge in [-0.3, -0.25) is 0 Å². The van der Waals surface area contributed by atoms with E-state index in [0.29, 0.717) is 0 Å². The van der Waals surface area contributed by atoms with E-state index in [2.05, 4.69) is 19.2 Å². The van der Waals surface area contributed by atoms with Crippen molar-refractivity contribution in [3.05, 3.63) is 77.9 Å². The number of aromatic nitrogens is 3. The van der Waals surface area contributed by atoms with Gasteiger partial charge in [0.2, 0.25) is 0 Å². The molecule has 0 spiro atoms. The van der Waals surface area contributed by atoms with Crippen molar-refractivity contribution in [1.82, 2.24) is 14.6 Å². The first-order valence-electron chi connectivity index (χ1n) is 10.8. The first-order valence-corrected chi connectivity index (χ1v) is 12.0. The van der Waals surface area contributed by atoms with Crippen LogP contribution < -0.4 is 0 Å². The van der Waals surface area contributed by atoms with Gasteiger partial charge in [0.25, 0.3) is 0 Å². The normalized spacial score (nSPS) is 12.0. The van der Waals surface area contributed by atoms with Gasteiger partial charge in [0.15, 0.2) is 5.65 Å². The molecule has 0 N–H and O–H groups in total. The number of hydrogen-bond donors (Lipinski definition) is 0. The zero-order valence-corrected chi connectivity index (χ0v) is 20.3. The number of benzene rings is 1. The fourth-order valence-corrected chi connectivity index (χ4v) is 5.94. The third-order valence-electron chi connectivity index (χ3n) is 5.97. The molecule has 0 unspecified atom stereocenters. The van der Waals surface area contributed by atoms with Gasteiger partial charge in [0.05, 0.1) is 21.1 Å². The highest BCUT2D eigenvalue weighted by molar-refractivity contribution is 7.22. The van der Waals surface area contributed by atoms with Crippen LogP contribution in [0.15, 0.2) is 49.6 Å². The van der Waals surface area contributed by atoms with Gasteiger partial charge in [-0.1, -0.05) is 12.2 Å². The molecule has 0 bridgehead atoms. The first kappa shape index (κ1) is 22.7. The maximum Gasteiger partial charge on any atom is 0.159 e. The monoisotopic (exact) mass is 467 g/mol. The molecule has 6 heteroatoms. The summed E-state index contributed by atoms with van der Waals surface area (Å²) in [5.41, 5.74) is 5.48. The van der Waals surface area contributed by atoms with E-state index in [4.69, 9.17) is 21.7 Å². The van der Waals surface area contributed by atoms with Crippen LogP contribution in [0.5, 0.6) is 0 Å². The minimum Gasteiger partial charge on any atom is -0.231 e. The molecular formula is C26H27ClFN3S. The molecule has 0 saturated carbocycles. The Hall–Kier alpha value is -2.50. The molecule has 166 valence electrons. The number of fused-ring (bicyclic) bond motifs is 2. The van der Waals surface area contributed by atoms with Crippen molar-refractivity contribution in [3.63, 3.8) is 0 Å². The average molecular weight is 468 g/mol. The minimum absolute atomic E-state index is 0.229. The molecule has 1 aromatic carbocycles. The Balaban J connectivity index is 1.97. The molecule has 0 saturated heterocycles. The molecule has 4 rings (SSSR count). The van der Waals surface area contributed by atoms with Crippen molar-refractivity contribution < 1.29 is 4.39 Å². The molecule has 0 aliphatic rings. The first-order chi connectivity index (χ1) is 15.3. The highest BCUT2D eigenvalue weighted by Crippen LogP contribution is 2.44. The fraction of sp³-hybridized carbons (Fsp3) is 0.308. The van der Waals surface area contributed by atoms with Crippen LogP contribution in [0.2, 0.25) is 0 Å². The van der Waals surface area contributed by atoms with E-state index >= 15 is 0 Å². The number of allylic oxidation sites excluding steroid dienone is 2. The third-order valence-corrected chi connectivity index (χ3v) is 7.83. The second-order valence-electron chi connectivity index (χ2n) is 8.30. The van der Waals surface area contributed by atoms with Gasteiger partial charge in [-0.25, -0.2) is 13.9 Å². The van der Waals surface area contributed by atoms with Gasteiger partial charge < -0.3 is 0 Å². The molecule has 0 aliphatic carbocycles. The Morgan fingerprint density at radius 2 is 1.81 bits per heavy atom. The van der Waals surface area contributed by atoms with E-state index in [0.717, 1.165) is 74.5 Å². The lowest BCUT2D eigenvalue weighted by molar-refractivity contribution is 0.521. The predicted molar refractivity (Wildman–Crippen MR) is 134 cm³/mol. The lowest BCUT2D eigenvalue weighted by Gasteiger charge is -2.27. The SMILES string of the molecule is C=CCCC(Cl)(CCC=C)c1cc(C)nn2c(-c3sc4ccc(F)cc4c3C)c(C)nc12. The number of nitrogens with zero attached hydrogens (tertiary/aromatic N) is 3. The number of aryl methyl sites for hydroxylation is 3. The largest absolute Gasteiger partial charge is 0.231 e. The van der Waals surface area contributed by atoms with E-state index in [-0.39, 0.29) is 5.82 Å². The van der Waals surface area contributed by atoms with Crippen LogP contribution in [0.3, 0.4) is 0 Å². The van der Waals surface area contributed by atoms with E-state index in [1.165, 1.54) is 6.07 Å². The van der Waals surface area contributed by atoms with Crippen LogP contribution in [0.1, 0.15) is 48.2 Å². The van der Waals surface area contributed by atoms with Crippen LogP contribution in [0, 0.1) is 26.6 Å². The number of rotatable bonds is 8. The zero-order valence-electron chi connectivity index (χ0n) is 18.7. The van der Waals surface area contributed by atoms with Crippen LogP contribution in [-0.4, -0.2) is 14.6 Å². The number of halogens is 2. The van der Waals surface area contributed by atoms with Crippen molar-refractivity contribution in [2.45, 2.75) is 51.3 Å². The maximum absolute atomic E-state index is 13.9. The topological polar surface area (TPSA) is 30.2 Å². The Kier molecular flexibility index (Phi) is 6.24. The third kappa shape index (κ3) is 3.89. The summed E-state index contributed by atoms with van der Waals surface area (Å²) in [6.07, 6.45) is 6.93. The van der Waals surface area contributed by atoms with E-state index < -0.39 is 4.87 Å². The summed E-state index contributed by atoms with van der Waals surface area (Å²) in [6, 6.07) is 6.99. The maximum atomic E-state index is 13.9.